The van der Waals surface area contributed by atoms with E-state index in [2.05, 4.69) is 11.9 Å². The lowest BCUT2D eigenvalue weighted by Gasteiger charge is -2.14. The van der Waals surface area contributed by atoms with Gasteiger partial charge in [-0.1, -0.05) is 24.2 Å². The number of aryl methyl sites for hydroxylation is 1. The molecule has 0 unspecified atom stereocenters. The quantitative estimate of drug-likeness (QED) is 0.813. The predicted octanol–water partition coefficient (Wildman–Crippen LogP) is 4.45. The fourth-order valence-corrected chi connectivity index (χ4v) is 2.00. The molecule has 0 heterocycles. The third-order valence-corrected chi connectivity index (χ3v) is 3.12. The molecule has 19 heavy (non-hydrogen) atoms. The molecular weight excluding hydrogens is 263 g/mol. The van der Waals surface area contributed by atoms with Crippen molar-refractivity contribution in [3.05, 3.63) is 64.9 Å². The molecule has 0 spiro atoms. The standard InChI is InChI=1S/C15H14ClFN2/c1-9-3-5-12(18)8-13(9)10(2)19-15-6-4-11(17)7-14(15)16/h3-8,19H,2,18H2,1H3. The van der Waals surface area contributed by atoms with Gasteiger partial charge in [-0.3, -0.25) is 0 Å². The molecule has 0 aliphatic heterocycles. The Hall–Kier alpha value is -2.00. The van der Waals surface area contributed by atoms with Crippen LogP contribution in [-0.2, 0) is 0 Å². The minimum absolute atomic E-state index is 0.308. The number of nitrogen functional groups attached to an aromatic ring is 1. The van der Waals surface area contributed by atoms with Crippen LogP contribution in [0, 0.1) is 12.7 Å². The molecule has 2 aromatic carbocycles. The summed E-state index contributed by atoms with van der Waals surface area (Å²) >= 11 is 5.96. The molecule has 98 valence electrons. The lowest BCUT2D eigenvalue weighted by Crippen LogP contribution is -2.01. The van der Waals surface area contributed by atoms with E-state index >= 15 is 0 Å². The van der Waals surface area contributed by atoms with E-state index in [1.54, 1.807) is 6.07 Å². The Morgan fingerprint density at radius 3 is 2.68 bits per heavy atom. The minimum Gasteiger partial charge on any atom is -0.399 e. The van der Waals surface area contributed by atoms with Crippen LogP contribution in [-0.4, -0.2) is 0 Å². The molecule has 0 fully saturated rings. The van der Waals surface area contributed by atoms with Gasteiger partial charge < -0.3 is 11.1 Å². The zero-order chi connectivity index (χ0) is 14.0. The van der Waals surface area contributed by atoms with Gasteiger partial charge in [0, 0.05) is 16.9 Å². The van der Waals surface area contributed by atoms with Gasteiger partial charge in [0.1, 0.15) is 5.82 Å². The van der Waals surface area contributed by atoms with Gasteiger partial charge in [-0.15, -0.1) is 0 Å². The zero-order valence-corrected chi connectivity index (χ0v) is 11.3. The third kappa shape index (κ3) is 3.06. The molecule has 4 heteroatoms. The highest BCUT2D eigenvalue weighted by molar-refractivity contribution is 6.33. The van der Waals surface area contributed by atoms with Crippen LogP contribution in [0.25, 0.3) is 5.70 Å². The van der Waals surface area contributed by atoms with Crippen molar-refractivity contribution in [2.45, 2.75) is 6.92 Å². The van der Waals surface area contributed by atoms with Gasteiger partial charge in [-0.25, -0.2) is 4.39 Å². The Kier molecular flexibility index (Phi) is 3.76. The predicted molar refractivity (Wildman–Crippen MR) is 79.7 cm³/mol. The van der Waals surface area contributed by atoms with Crippen LogP contribution in [0.3, 0.4) is 0 Å². The number of nitrogens with one attached hydrogen (secondary N) is 1. The average molecular weight is 277 g/mol. The first-order valence-electron chi connectivity index (χ1n) is 5.75. The van der Waals surface area contributed by atoms with Crippen molar-refractivity contribution in [1.82, 2.24) is 0 Å². The van der Waals surface area contributed by atoms with Crippen molar-refractivity contribution in [2.24, 2.45) is 0 Å². The zero-order valence-electron chi connectivity index (χ0n) is 10.5. The monoisotopic (exact) mass is 276 g/mol. The number of anilines is 2. The van der Waals surface area contributed by atoms with E-state index in [0.717, 1.165) is 11.1 Å². The van der Waals surface area contributed by atoms with Crippen LogP contribution in [0.5, 0.6) is 0 Å². The Balaban J connectivity index is 2.28. The Morgan fingerprint density at radius 2 is 2.00 bits per heavy atom. The van der Waals surface area contributed by atoms with Crippen LogP contribution in [0.1, 0.15) is 11.1 Å². The van der Waals surface area contributed by atoms with E-state index in [1.165, 1.54) is 12.1 Å². The average Bonchev–Trinajstić information content (AvgIpc) is 2.35. The number of nitrogens with two attached hydrogens (primary N) is 1. The molecule has 0 saturated heterocycles. The summed E-state index contributed by atoms with van der Waals surface area (Å²) in [5.41, 5.74) is 9.65. The van der Waals surface area contributed by atoms with Crippen molar-refractivity contribution >= 4 is 28.7 Å². The van der Waals surface area contributed by atoms with Crippen molar-refractivity contribution in [3.8, 4) is 0 Å². The lowest BCUT2D eigenvalue weighted by atomic mass is 10.1. The van der Waals surface area contributed by atoms with Gasteiger partial charge in [0.05, 0.1) is 10.7 Å². The molecule has 0 aromatic heterocycles. The summed E-state index contributed by atoms with van der Waals surface area (Å²) in [6, 6.07) is 9.75. The van der Waals surface area contributed by atoms with Crippen molar-refractivity contribution in [3.63, 3.8) is 0 Å². The van der Waals surface area contributed by atoms with Crippen LogP contribution < -0.4 is 11.1 Å². The summed E-state index contributed by atoms with van der Waals surface area (Å²) in [4.78, 5) is 0. The maximum atomic E-state index is 13.0. The van der Waals surface area contributed by atoms with Gasteiger partial charge in [0.25, 0.3) is 0 Å². The van der Waals surface area contributed by atoms with Crippen LogP contribution >= 0.6 is 11.6 Å². The van der Waals surface area contributed by atoms with E-state index in [4.69, 9.17) is 17.3 Å². The Labute approximate surface area is 116 Å². The second kappa shape index (κ2) is 5.33. The van der Waals surface area contributed by atoms with E-state index in [1.807, 2.05) is 25.1 Å². The van der Waals surface area contributed by atoms with Crippen LogP contribution in [0.4, 0.5) is 15.8 Å². The molecule has 0 amide bonds. The summed E-state index contributed by atoms with van der Waals surface area (Å²) in [5, 5.41) is 3.38. The van der Waals surface area contributed by atoms with Gasteiger partial charge in [0.2, 0.25) is 0 Å². The molecule has 3 N–H and O–H groups in total. The fourth-order valence-electron chi connectivity index (χ4n) is 1.79. The van der Waals surface area contributed by atoms with Gasteiger partial charge in [-0.05, 0) is 42.8 Å². The molecule has 2 nitrogen and oxygen atoms in total. The minimum atomic E-state index is -0.374. The summed E-state index contributed by atoms with van der Waals surface area (Å²) in [6.45, 7) is 5.93. The van der Waals surface area contributed by atoms with Gasteiger partial charge >= 0.3 is 0 Å². The first kappa shape index (κ1) is 13.4. The second-order valence-electron chi connectivity index (χ2n) is 4.30. The summed E-state index contributed by atoms with van der Waals surface area (Å²) in [7, 11) is 0. The largest absolute Gasteiger partial charge is 0.399 e. The number of hydrogen-bond acceptors (Lipinski definition) is 2. The van der Waals surface area contributed by atoms with Crippen molar-refractivity contribution in [2.75, 3.05) is 11.1 Å². The normalized spacial score (nSPS) is 10.3. The molecule has 2 rings (SSSR count). The highest BCUT2D eigenvalue weighted by Gasteiger charge is 2.07. The molecule has 0 aliphatic rings. The Bertz CT molecular complexity index is 638. The van der Waals surface area contributed by atoms with Crippen molar-refractivity contribution < 1.29 is 4.39 Å². The molecule has 0 bridgehead atoms. The first-order chi connectivity index (χ1) is 8.97. The van der Waals surface area contributed by atoms with Crippen molar-refractivity contribution in [1.29, 1.82) is 0 Å². The molecule has 0 radical (unpaired) electrons. The van der Waals surface area contributed by atoms with Gasteiger partial charge in [0.15, 0.2) is 0 Å². The second-order valence-corrected chi connectivity index (χ2v) is 4.71. The molecular formula is C15H14ClFN2. The van der Waals surface area contributed by atoms with E-state index in [-0.39, 0.29) is 5.82 Å². The van der Waals surface area contributed by atoms with Crippen LogP contribution in [0.2, 0.25) is 5.02 Å². The first-order valence-corrected chi connectivity index (χ1v) is 6.12. The van der Waals surface area contributed by atoms with E-state index < -0.39 is 0 Å². The highest BCUT2D eigenvalue weighted by Crippen LogP contribution is 2.27. The Morgan fingerprint density at radius 1 is 1.26 bits per heavy atom. The maximum absolute atomic E-state index is 13.0. The van der Waals surface area contributed by atoms with Crippen LogP contribution in [0.15, 0.2) is 43.0 Å². The fraction of sp³-hybridized carbons (Fsp3) is 0.0667. The van der Waals surface area contributed by atoms with E-state index in [9.17, 15) is 4.39 Å². The van der Waals surface area contributed by atoms with Gasteiger partial charge in [-0.2, -0.15) is 0 Å². The number of hydrogen-bond donors (Lipinski definition) is 2. The molecule has 2 aromatic rings. The number of rotatable bonds is 3. The summed E-state index contributed by atoms with van der Waals surface area (Å²) in [5.74, 6) is -0.374. The lowest BCUT2D eigenvalue weighted by molar-refractivity contribution is 0.628. The number of benzene rings is 2. The summed E-state index contributed by atoms with van der Waals surface area (Å²) in [6.07, 6.45) is 0. The highest BCUT2D eigenvalue weighted by atomic mass is 35.5. The molecule has 0 aliphatic carbocycles. The summed E-state index contributed by atoms with van der Waals surface area (Å²) < 4.78 is 13.0. The molecule has 0 atom stereocenters. The van der Waals surface area contributed by atoms with E-state index in [0.29, 0.717) is 22.1 Å². The third-order valence-electron chi connectivity index (χ3n) is 2.80. The number of halogens is 2. The molecule has 0 saturated carbocycles. The topological polar surface area (TPSA) is 38.0 Å². The SMILES string of the molecule is C=C(Nc1ccc(F)cc1Cl)c1cc(N)ccc1C. The maximum Gasteiger partial charge on any atom is 0.124 e. The smallest absolute Gasteiger partial charge is 0.124 e.